The first-order valence-electron chi connectivity index (χ1n) is 12.3. The molecule has 0 saturated carbocycles. The number of aliphatic carboxylic acids is 1. The van der Waals surface area contributed by atoms with Gasteiger partial charge in [-0.1, -0.05) is 36.4 Å². The Morgan fingerprint density at radius 1 is 0.974 bits per heavy atom. The number of hydrogen-bond acceptors (Lipinski definition) is 8. The van der Waals surface area contributed by atoms with Gasteiger partial charge in [-0.05, 0) is 51.0 Å². The Balaban J connectivity index is 1.56. The third-order valence-corrected chi connectivity index (χ3v) is 5.34. The number of rotatable bonds is 9. The molecule has 12 heteroatoms. The summed E-state index contributed by atoms with van der Waals surface area (Å²) in [7, 11) is 0. The van der Waals surface area contributed by atoms with E-state index in [4.69, 9.17) is 18.9 Å². The number of amides is 3. The molecule has 2 aromatic carbocycles. The summed E-state index contributed by atoms with van der Waals surface area (Å²) in [6, 6.07) is 12.6. The second kappa shape index (κ2) is 12.9. The number of nitrogens with one attached hydrogen (secondary N) is 3. The zero-order valence-corrected chi connectivity index (χ0v) is 22.2. The lowest BCUT2D eigenvalue weighted by molar-refractivity contribution is -0.139. The zero-order chi connectivity index (χ0) is 28.6. The lowest BCUT2D eigenvalue weighted by Gasteiger charge is -2.32. The Morgan fingerprint density at radius 2 is 1.69 bits per heavy atom. The summed E-state index contributed by atoms with van der Waals surface area (Å²) in [4.78, 5) is 48.1. The molecule has 1 heterocycles. The number of alkyl carbamates (subject to hydrolysis) is 2. The van der Waals surface area contributed by atoms with Gasteiger partial charge < -0.3 is 40.0 Å². The van der Waals surface area contributed by atoms with Crippen molar-refractivity contribution in [2.75, 3.05) is 6.54 Å². The van der Waals surface area contributed by atoms with Crippen LogP contribution in [0, 0.1) is 0 Å². The van der Waals surface area contributed by atoms with Crippen molar-refractivity contribution in [2.45, 2.75) is 64.7 Å². The molecule has 0 fully saturated rings. The minimum absolute atomic E-state index is 0.00161. The molecule has 0 aromatic heterocycles. The number of ether oxygens (including phenoxy) is 4. The molecule has 12 nitrogen and oxygen atoms in total. The van der Waals surface area contributed by atoms with Crippen LogP contribution in [0.5, 0.6) is 11.5 Å². The Kier molecular flexibility index (Phi) is 9.58. The van der Waals surface area contributed by atoms with Crippen LogP contribution in [-0.2, 0) is 32.1 Å². The minimum Gasteiger partial charge on any atom is -0.481 e. The van der Waals surface area contributed by atoms with Crippen molar-refractivity contribution < 1.29 is 43.2 Å². The highest BCUT2D eigenvalue weighted by molar-refractivity contribution is 5.82. The van der Waals surface area contributed by atoms with Gasteiger partial charge in [-0.15, -0.1) is 0 Å². The maximum Gasteiger partial charge on any atom is 0.408 e. The molecule has 2 aromatic rings. The third-order valence-electron chi connectivity index (χ3n) is 5.34. The second-order valence-corrected chi connectivity index (χ2v) is 9.87. The normalized spacial score (nSPS) is 16.8. The van der Waals surface area contributed by atoms with Crippen molar-refractivity contribution in [3.05, 3.63) is 59.7 Å². The van der Waals surface area contributed by atoms with Crippen molar-refractivity contribution in [1.82, 2.24) is 16.0 Å². The number of fused-ring (bicyclic) bond motifs is 1. The first-order chi connectivity index (χ1) is 18.4. The second-order valence-electron chi connectivity index (χ2n) is 9.87. The minimum atomic E-state index is -1.26. The fraction of sp³-hybridized carbons (Fsp3) is 0.407. The Labute approximate surface area is 226 Å². The summed E-state index contributed by atoms with van der Waals surface area (Å²) in [6.07, 6.45) is -3.07. The van der Waals surface area contributed by atoms with E-state index in [1.54, 1.807) is 70.2 Å². The van der Waals surface area contributed by atoms with E-state index in [2.05, 4.69) is 16.0 Å². The molecule has 1 aliphatic heterocycles. The maximum absolute atomic E-state index is 12.3. The molecule has 0 bridgehead atoms. The highest BCUT2D eigenvalue weighted by Crippen LogP contribution is 2.34. The molecule has 0 spiro atoms. The van der Waals surface area contributed by atoms with Crippen LogP contribution >= 0.6 is 0 Å². The topological polar surface area (TPSA) is 162 Å². The van der Waals surface area contributed by atoms with E-state index < -0.39 is 48.0 Å². The van der Waals surface area contributed by atoms with Gasteiger partial charge in [0.15, 0.2) is 17.6 Å². The SMILES string of the molecule is CC1Oc2ccc(C[C@H](NC(=O)OCc3ccccc3)C(=O)O)cc2OC1NC(=O)CNC(=O)OC(C)(C)C. The molecular formula is C27H33N3O9. The van der Waals surface area contributed by atoms with Crippen LogP contribution in [0.3, 0.4) is 0 Å². The maximum atomic E-state index is 12.3. The van der Waals surface area contributed by atoms with Crippen molar-refractivity contribution >= 4 is 24.1 Å². The standard InChI is InChI=1S/C27H33N3O9/c1-16-23(30-22(31)14-28-25(34)39-27(2,3)4)38-21-13-18(10-11-20(21)37-16)12-19(24(32)33)29-26(35)36-15-17-8-6-5-7-9-17/h5-11,13,16,19,23H,12,14-15H2,1-4H3,(H,28,34)(H,29,35)(H,30,31)(H,32,33)/t16?,19-,23?/m0/s1. The molecule has 39 heavy (non-hydrogen) atoms. The number of hydrogen-bond donors (Lipinski definition) is 4. The van der Waals surface area contributed by atoms with E-state index in [0.29, 0.717) is 11.3 Å². The predicted octanol–water partition coefficient (Wildman–Crippen LogP) is 2.74. The van der Waals surface area contributed by atoms with E-state index in [9.17, 15) is 24.3 Å². The van der Waals surface area contributed by atoms with Crippen molar-refractivity contribution in [2.24, 2.45) is 0 Å². The summed E-state index contributed by atoms with van der Waals surface area (Å²) in [5.74, 6) is -1.07. The van der Waals surface area contributed by atoms with Crippen LogP contribution in [0.2, 0.25) is 0 Å². The lowest BCUT2D eigenvalue weighted by Crippen LogP contribution is -2.52. The summed E-state index contributed by atoms with van der Waals surface area (Å²) < 4.78 is 21.9. The van der Waals surface area contributed by atoms with Crippen LogP contribution in [-0.4, -0.2) is 59.7 Å². The number of carbonyl (C=O) groups is 4. The molecule has 1 aliphatic rings. The van der Waals surface area contributed by atoms with E-state index in [1.165, 1.54) is 0 Å². The summed E-state index contributed by atoms with van der Waals surface area (Å²) >= 11 is 0. The summed E-state index contributed by atoms with van der Waals surface area (Å²) in [5, 5.41) is 17.0. The molecule has 3 atom stereocenters. The van der Waals surface area contributed by atoms with Crippen LogP contribution in [0.4, 0.5) is 9.59 Å². The van der Waals surface area contributed by atoms with Crippen LogP contribution < -0.4 is 25.4 Å². The number of carbonyl (C=O) groups excluding carboxylic acids is 3. The molecular weight excluding hydrogens is 510 g/mol. The molecule has 0 saturated heterocycles. The van der Waals surface area contributed by atoms with E-state index in [-0.39, 0.29) is 25.3 Å². The number of benzene rings is 2. The molecule has 3 amide bonds. The van der Waals surface area contributed by atoms with Crippen LogP contribution in [0.15, 0.2) is 48.5 Å². The molecule has 3 rings (SSSR count). The fourth-order valence-corrected chi connectivity index (χ4v) is 3.53. The zero-order valence-electron chi connectivity index (χ0n) is 22.2. The Hall–Kier alpha value is -4.48. The largest absolute Gasteiger partial charge is 0.481 e. The monoisotopic (exact) mass is 543 g/mol. The predicted molar refractivity (Wildman–Crippen MR) is 138 cm³/mol. The van der Waals surface area contributed by atoms with Gasteiger partial charge in [0.25, 0.3) is 0 Å². The van der Waals surface area contributed by atoms with Crippen LogP contribution in [0.25, 0.3) is 0 Å². The Bertz CT molecular complexity index is 1180. The van der Waals surface area contributed by atoms with Crippen LogP contribution in [0.1, 0.15) is 38.8 Å². The third kappa shape index (κ3) is 9.40. The number of carboxylic acids is 1. The fourth-order valence-electron chi connectivity index (χ4n) is 3.53. The van der Waals surface area contributed by atoms with Gasteiger partial charge in [0.2, 0.25) is 12.1 Å². The summed E-state index contributed by atoms with van der Waals surface area (Å²) in [6.45, 7) is 6.50. The highest BCUT2D eigenvalue weighted by atomic mass is 16.6. The smallest absolute Gasteiger partial charge is 0.408 e. The quantitative estimate of drug-likeness (QED) is 0.373. The first-order valence-corrected chi connectivity index (χ1v) is 12.3. The van der Waals surface area contributed by atoms with Gasteiger partial charge >= 0.3 is 18.2 Å². The average molecular weight is 544 g/mol. The number of carboxylic acid groups (broad SMARTS) is 1. The average Bonchev–Trinajstić information content (AvgIpc) is 2.86. The Morgan fingerprint density at radius 3 is 2.36 bits per heavy atom. The van der Waals surface area contributed by atoms with Gasteiger partial charge in [0.05, 0.1) is 0 Å². The van der Waals surface area contributed by atoms with Crippen molar-refractivity contribution in [3.63, 3.8) is 0 Å². The van der Waals surface area contributed by atoms with E-state index in [0.717, 1.165) is 5.56 Å². The van der Waals surface area contributed by atoms with Gasteiger partial charge in [0, 0.05) is 6.42 Å². The van der Waals surface area contributed by atoms with Gasteiger partial charge in [-0.3, -0.25) is 4.79 Å². The van der Waals surface area contributed by atoms with E-state index >= 15 is 0 Å². The van der Waals surface area contributed by atoms with Gasteiger partial charge in [0.1, 0.15) is 24.8 Å². The summed E-state index contributed by atoms with van der Waals surface area (Å²) in [5.41, 5.74) is 0.608. The molecule has 210 valence electrons. The lowest BCUT2D eigenvalue weighted by atomic mass is 10.0. The highest BCUT2D eigenvalue weighted by Gasteiger charge is 2.31. The molecule has 0 radical (unpaired) electrons. The van der Waals surface area contributed by atoms with E-state index in [1.807, 2.05) is 6.07 Å². The van der Waals surface area contributed by atoms with Gasteiger partial charge in [-0.25, -0.2) is 14.4 Å². The molecule has 4 N–H and O–H groups in total. The first kappa shape index (κ1) is 29.1. The van der Waals surface area contributed by atoms with Crippen molar-refractivity contribution in [3.8, 4) is 11.5 Å². The van der Waals surface area contributed by atoms with Gasteiger partial charge in [-0.2, -0.15) is 0 Å². The molecule has 2 unspecified atom stereocenters. The molecule has 0 aliphatic carbocycles. The van der Waals surface area contributed by atoms with Crippen molar-refractivity contribution in [1.29, 1.82) is 0 Å².